The van der Waals surface area contributed by atoms with E-state index in [4.69, 9.17) is 0 Å². The van der Waals surface area contributed by atoms with Gasteiger partial charge in [-0.05, 0) is 55.5 Å². The maximum absolute atomic E-state index is 12.8. The quantitative estimate of drug-likeness (QED) is 0.797. The Balaban J connectivity index is 2.33. The fourth-order valence-electron chi connectivity index (χ4n) is 2.28. The monoisotopic (exact) mass is 374 g/mol. The lowest BCUT2D eigenvalue weighted by atomic mass is 10.1. The number of benzene rings is 1. The Bertz CT molecular complexity index is 612. The molecule has 1 aromatic rings. The van der Waals surface area contributed by atoms with E-state index in [-0.39, 0.29) is 0 Å². The number of nitrogens with zero attached hydrogens (tertiary/aromatic N) is 1. The molecule has 0 spiro atoms. The summed E-state index contributed by atoms with van der Waals surface area (Å²) < 4.78 is 27.9. The van der Waals surface area contributed by atoms with Crippen molar-refractivity contribution in [3.05, 3.63) is 27.7 Å². The normalized spacial score (nSPS) is 15.7. The van der Waals surface area contributed by atoms with Crippen molar-refractivity contribution in [2.75, 3.05) is 20.1 Å². The lowest BCUT2D eigenvalue weighted by molar-refractivity contribution is 0.452. The van der Waals surface area contributed by atoms with E-state index in [0.29, 0.717) is 23.9 Å². The zero-order valence-corrected chi connectivity index (χ0v) is 15.2. The molecule has 0 saturated heterocycles. The molecule has 118 valence electrons. The molecule has 0 atom stereocenters. The molecule has 0 bridgehead atoms. The van der Waals surface area contributed by atoms with Crippen LogP contribution in [0.15, 0.2) is 21.5 Å². The van der Waals surface area contributed by atoms with E-state index in [2.05, 4.69) is 21.2 Å². The van der Waals surface area contributed by atoms with Gasteiger partial charge in [0, 0.05) is 24.6 Å². The summed E-state index contributed by atoms with van der Waals surface area (Å²) in [5.41, 5.74) is 1.76. The minimum Gasteiger partial charge on any atom is -0.313 e. The van der Waals surface area contributed by atoms with Crippen LogP contribution in [0.4, 0.5) is 0 Å². The summed E-state index contributed by atoms with van der Waals surface area (Å²) in [4.78, 5) is 0.410. The van der Waals surface area contributed by atoms with Gasteiger partial charge in [-0.25, -0.2) is 12.7 Å². The average molecular weight is 375 g/mol. The fourth-order valence-corrected chi connectivity index (χ4v) is 4.46. The zero-order chi connectivity index (χ0) is 15.6. The van der Waals surface area contributed by atoms with Gasteiger partial charge in [0.2, 0.25) is 10.0 Å². The number of hydrogen-bond acceptors (Lipinski definition) is 3. The predicted octanol–water partition coefficient (Wildman–Crippen LogP) is 2.90. The van der Waals surface area contributed by atoms with Crippen LogP contribution >= 0.6 is 15.9 Å². The maximum Gasteiger partial charge on any atom is 0.243 e. The summed E-state index contributed by atoms with van der Waals surface area (Å²) in [6, 6.07) is 3.78. The lowest BCUT2D eigenvalue weighted by Crippen LogP contribution is -2.29. The predicted molar refractivity (Wildman–Crippen MR) is 88.8 cm³/mol. The number of hydrogen-bond donors (Lipinski definition) is 1. The first kappa shape index (κ1) is 16.9. The number of rotatable bonds is 7. The molecule has 4 nitrogen and oxygen atoms in total. The highest BCUT2D eigenvalue weighted by molar-refractivity contribution is 9.10. The molecule has 2 rings (SSSR count). The molecule has 0 heterocycles. The van der Waals surface area contributed by atoms with Crippen LogP contribution in [0, 0.1) is 12.8 Å². The molecule has 1 N–H and O–H groups in total. The van der Waals surface area contributed by atoms with Gasteiger partial charge in [0.05, 0.1) is 4.90 Å². The Labute approximate surface area is 136 Å². The van der Waals surface area contributed by atoms with Gasteiger partial charge in [0.1, 0.15) is 0 Å². The van der Waals surface area contributed by atoms with Gasteiger partial charge in [-0.15, -0.1) is 0 Å². The molecule has 0 aromatic heterocycles. The van der Waals surface area contributed by atoms with Crippen molar-refractivity contribution in [2.45, 2.75) is 38.1 Å². The number of halogens is 1. The highest BCUT2D eigenvalue weighted by Gasteiger charge is 2.30. The average Bonchev–Trinajstić information content (AvgIpc) is 3.23. The van der Waals surface area contributed by atoms with Gasteiger partial charge in [-0.2, -0.15) is 0 Å². The second-order valence-electron chi connectivity index (χ2n) is 5.71. The Hall–Kier alpha value is -0.430. The van der Waals surface area contributed by atoms with Crippen LogP contribution in [0.1, 0.15) is 30.9 Å². The van der Waals surface area contributed by atoms with E-state index in [0.717, 1.165) is 35.0 Å². The van der Waals surface area contributed by atoms with Crippen LogP contribution in [0.2, 0.25) is 0 Å². The summed E-state index contributed by atoms with van der Waals surface area (Å²) >= 11 is 3.48. The molecular formula is C15H23BrN2O2S. The number of sulfonamides is 1. The summed E-state index contributed by atoms with van der Waals surface area (Å²) in [6.07, 6.45) is 2.28. The molecule has 1 saturated carbocycles. The molecule has 0 radical (unpaired) electrons. The standard InChI is InChI=1S/C15H23BrN2O2S/c1-4-17-9-13-7-14(16)11(2)15(8-13)21(19,20)18(3)10-12-5-6-12/h7-8,12,17H,4-6,9-10H2,1-3H3. The van der Waals surface area contributed by atoms with Gasteiger partial charge in [-0.1, -0.05) is 22.9 Å². The minimum atomic E-state index is -3.42. The molecule has 21 heavy (non-hydrogen) atoms. The fraction of sp³-hybridized carbons (Fsp3) is 0.600. The molecule has 0 amide bonds. The first-order valence-electron chi connectivity index (χ1n) is 7.32. The van der Waals surface area contributed by atoms with E-state index in [1.54, 1.807) is 13.1 Å². The van der Waals surface area contributed by atoms with Crippen molar-refractivity contribution >= 4 is 26.0 Å². The molecule has 1 aliphatic carbocycles. The SMILES string of the molecule is CCNCc1cc(Br)c(C)c(S(=O)(=O)N(C)CC2CC2)c1. The van der Waals surface area contributed by atoms with Crippen LogP contribution < -0.4 is 5.32 Å². The van der Waals surface area contributed by atoms with Crippen molar-refractivity contribution in [1.29, 1.82) is 0 Å². The first-order chi connectivity index (χ1) is 9.86. The smallest absolute Gasteiger partial charge is 0.243 e. The molecule has 1 fully saturated rings. The zero-order valence-electron chi connectivity index (χ0n) is 12.8. The minimum absolute atomic E-state index is 0.410. The second-order valence-corrected chi connectivity index (χ2v) is 8.58. The van der Waals surface area contributed by atoms with Crippen molar-refractivity contribution < 1.29 is 8.42 Å². The van der Waals surface area contributed by atoms with E-state index in [1.165, 1.54) is 4.31 Å². The topological polar surface area (TPSA) is 49.4 Å². The number of nitrogens with one attached hydrogen (secondary N) is 1. The van der Waals surface area contributed by atoms with Crippen molar-refractivity contribution in [3.63, 3.8) is 0 Å². The highest BCUT2D eigenvalue weighted by Crippen LogP contribution is 2.32. The first-order valence-corrected chi connectivity index (χ1v) is 9.55. The van der Waals surface area contributed by atoms with Crippen LogP contribution in [0.5, 0.6) is 0 Å². The Morgan fingerprint density at radius 3 is 2.62 bits per heavy atom. The van der Waals surface area contributed by atoms with Gasteiger partial charge in [0.25, 0.3) is 0 Å². The van der Waals surface area contributed by atoms with Crippen molar-refractivity contribution in [1.82, 2.24) is 9.62 Å². The van der Waals surface area contributed by atoms with Crippen LogP contribution in [-0.2, 0) is 16.6 Å². The summed E-state index contributed by atoms with van der Waals surface area (Å²) in [7, 11) is -1.74. The van der Waals surface area contributed by atoms with E-state index in [9.17, 15) is 8.42 Å². The summed E-state index contributed by atoms with van der Waals surface area (Å²) in [5.74, 6) is 0.540. The third kappa shape index (κ3) is 4.06. The molecule has 0 aliphatic heterocycles. The van der Waals surface area contributed by atoms with Gasteiger partial charge in [-0.3, -0.25) is 0 Å². The third-order valence-electron chi connectivity index (χ3n) is 3.84. The molecule has 1 aliphatic rings. The lowest BCUT2D eigenvalue weighted by Gasteiger charge is -2.20. The Morgan fingerprint density at radius 1 is 1.38 bits per heavy atom. The van der Waals surface area contributed by atoms with Crippen molar-refractivity contribution in [3.8, 4) is 0 Å². The van der Waals surface area contributed by atoms with Crippen molar-refractivity contribution in [2.24, 2.45) is 5.92 Å². The maximum atomic E-state index is 12.8. The van der Waals surface area contributed by atoms with Crippen LogP contribution in [-0.4, -0.2) is 32.9 Å². The van der Waals surface area contributed by atoms with E-state index < -0.39 is 10.0 Å². The Morgan fingerprint density at radius 2 is 2.05 bits per heavy atom. The summed E-state index contributed by atoms with van der Waals surface area (Å²) in [6.45, 7) is 6.03. The highest BCUT2D eigenvalue weighted by atomic mass is 79.9. The second kappa shape index (κ2) is 6.77. The van der Waals surface area contributed by atoms with Crippen LogP contribution in [0.25, 0.3) is 0 Å². The van der Waals surface area contributed by atoms with E-state index >= 15 is 0 Å². The molecule has 0 unspecified atom stereocenters. The summed E-state index contributed by atoms with van der Waals surface area (Å²) in [5, 5.41) is 3.23. The van der Waals surface area contributed by atoms with E-state index in [1.807, 2.05) is 19.9 Å². The Kier molecular flexibility index (Phi) is 5.46. The molecule has 1 aromatic carbocycles. The molecule has 6 heteroatoms. The van der Waals surface area contributed by atoms with Gasteiger partial charge < -0.3 is 5.32 Å². The molecular weight excluding hydrogens is 352 g/mol. The van der Waals surface area contributed by atoms with Gasteiger partial charge in [0.15, 0.2) is 0 Å². The third-order valence-corrected chi connectivity index (χ3v) is 6.61. The van der Waals surface area contributed by atoms with Gasteiger partial charge >= 0.3 is 0 Å². The van der Waals surface area contributed by atoms with Crippen LogP contribution in [0.3, 0.4) is 0 Å². The largest absolute Gasteiger partial charge is 0.313 e.